The van der Waals surface area contributed by atoms with Crippen molar-refractivity contribution in [2.75, 3.05) is 11.9 Å². The maximum Gasteiger partial charge on any atom is 0.151 e. The first kappa shape index (κ1) is 18.9. The van der Waals surface area contributed by atoms with Crippen molar-refractivity contribution >= 4 is 27.4 Å². The first-order valence-corrected chi connectivity index (χ1v) is 11.8. The van der Waals surface area contributed by atoms with E-state index in [9.17, 15) is 0 Å². The molecule has 2 aliphatic heterocycles. The Morgan fingerprint density at radius 3 is 2.61 bits per heavy atom. The summed E-state index contributed by atoms with van der Waals surface area (Å²) in [5.41, 5.74) is 6.94. The Labute approximate surface area is 184 Å². The second-order valence-corrected chi connectivity index (χ2v) is 9.54. The van der Waals surface area contributed by atoms with Gasteiger partial charge in [-0.2, -0.15) is 5.10 Å². The standard InChI is InChI=1S/C23H25N7S/c1-30(17-9-15-3-2-4-16(10-17)27-15)21-8-7-20(28-29-21)19-6-5-18(14-11-25-26-12-14)22-23(19)31-13-24-22/h5-8,11-13,15-17,27H,2-4,9-10H2,1H3,(H,25,26)/t15-,16+,17?. The fourth-order valence-electron chi connectivity index (χ4n) is 5.18. The van der Waals surface area contributed by atoms with Crippen molar-refractivity contribution in [3.8, 4) is 22.4 Å². The lowest BCUT2D eigenvalue weighted by molar-refractivity contribution is 0.219. The van der Waals surface area contributed by atoms with E-state index in [2.05, 4.69) is 66.9 Å². The Morgan fingerprint density at radius 1 is 1.03 bits per heavy atom. The summed E-state index contributed by atoms with van der Waals surface area (Å²) >= 11 is 1.64. The fraction of sp³-hybridized carbons (Fsp3) is 0.391. The van der Waals surface area contributed by atoms with Gasteiger partial charge >= 0.3 is 0 Å². The third-order valence-electron chi connectivity index (χ3n) is 6.82. The summed E-state index contributed by atoms with van der Waals surface area (Å²) in [5.74, 6) is 0.948. The summed E-state index contributed by atoms with van der Waals surface area (Å²) in [5, 5.41) is 20.0. The molecule has 8 heteroatoms. The zero-order valence-corrected chi connectivity index (χ0v) is 18.3. The second kappa shape index (κ2) is 7.69. The van der Waals surface area contributed by atoms with Crippen LogP contribution in [0.2, 0.25) is 0 Å². The van der Waals surface area contributed by atoms with Crippen LogP contribution < -0.4 is 10.2 Å². The summed E-state index contributed by atoms with van der Waals surface area (Å²) < 4.78 is 1.13. The number of nitrogens with one attached hydrogen (secondary N) is 2. The molecule has 2 fully saturated rings. The van der Waals surface area contributed by atoms with Crippen LogP contribution in [0.4, 0.5) is 5.82 Å². The molecule has 3 aromatic heterocycles. The molecule has 0 aliphatic carbocycles. The Kier molecular flexibility index (Phi) is 4.69. The lowest BCUT2D eigenvalue weighted by Gasteiger charge is -2.43. The highest BCUT2D eigenvalue weighted by Gasteiger charge is 2.33. The molecule has 0 spiro atoms. The molecular formula is C23H25N7S. The van der Waals surface area contributed by atoms with Gasteiger partial charge in [-0.05, 0) is 37.8 Å². The number of anilines is 1. The molecule has 1 aromatic carbocycles. The van der Waals surface area contributed by atoms with Crippen LogP contribution in [-0.4, -0.2) is 50.6 Å². The Balaban J connectivity index is 1.28. The number of benzene rings is 1. The van der Waals surface area contributed by atoms with Crippen LogP contribution in [0, 0.1) is 0 Å². The van der Waals surface area contributed by atoms with Gasteiger partial charge in [-0.3, -0.25) is 5.10 Å². The number of thiazole rings is 1. The van der Waals surface area contributed by atoms with Crippen LogP contribution in [0.25, 0.3) is 32.6 Å². The van der Waals surface area contributed by atoms with Gasteiger partial charge < -0.3 is 10.2 Å². The van der Waals surface area contributed by atoms with Gasteiger partial charge in [0.1, 0.15) is 0 Å². The lowest BCUT2D eigenvalue weighted by atomic mass is 9.83. The van der Waals surface area contributed by atoms with Gasteiger partial charge in [0.05, 0.1) is 27.6 Å². The molecule has 6 rings (SSSR count). The van der Waals surface area contributed by atoms with Crippen LogP contribution >= 0.6 is 11.3 Å². The van der Waals surface area contributed by atoms with Crippen LogP contribution in [0.1, 0.15) is 32.1 Å². The van der Waals surface area contributed by atoms with Crippen molar-refractivity contribution < 1.29 is 0 Å². The average Bonchev–Trinajstić information content (AvgIpc) is 3.50. The van der Waals surface area contributed by atoms with Gasteiger partial charge in [0, 0.05) is 48.1 Å². The molecule has 1 unspecified atom stereocenters. The molecule has 3 atom stereocenters. The normalized spacial score (nSPS) is 23.2. The van der Waals surface area contributed by atoms with E-state index in [0.717, 1.165) is 38.4 Å². The Morgan fingerprint density at radius 2 is 1.87 bits per heavy atom. The van der Waals surface area contributed by atoms with Gasteiger partial charge in [0.15, 0.2) is 5.82 Å². The molecule has 158 valence electrons. The largest absolute Gasteiger partial charge is 0.355 e. The van der Waals surface area contributed by atoms with E-state index in [-0.39, 0.29) is 0 Å². The van der Waals surface area contributed by atoms with Gasteiger partial charge in [-0.25, -0.2) is 4.98 Å². The number of nitrogens with zero attached hydrogens (tertiary/aromatic N) is 5. The van der Waals surface area contributed by atoms with Crippen LogP contribution in [0.5, 0.6) is 0 Å². The topological polar surface area (TPSA) is 82.6 Å². The number of piperidine rings is 2. The third kappa shape index (κ3) is 3.40. The maximum absolute atomic E-state index is 4.61. The van der Waals surface area contributed by atoms with Crippen molar-refractivity contribution in [3.63, 3.8) is 0 Å². The molecule has 2 N–H and O–H groups in total. The van der Waals surface area contributed by atoms with E-state index >= 15 is 0 Å². The van der Waals surface area contributed by atoms with E-state index in [1.807, 2.05) is 17.9 Å². The SMILES string of the molecule is CN(c1ccc(-c2ccc(-c3cn[nH]c3)c3ncsc23)nn1)C1C[C@H]2CCC[C@@H](C1)N2. The van der Waals surface area contributed by atoms with Gasteiger partial charge in [0.2, 0.25) is 0 Å². The van der Waals surface area contributed by atoms with E-state index in [4.69, 9.17) is 0 Å². The molecule has 31 heavy (non-hydrogen) atoms. The van der Waals surface area contributed by atoms with Crippen molar-refractivity contribution in [3.05, 3.63) is 42.2 Å². The van der Waals surface area contributed by atoms with Crippen LogP contribution in [0.15, 0.2) is 42.2 Å². The zero-order chi connectivity index (χ0) is 20.8. The average molecular weight is 432 g/mol. The molecule has 0 saturated carbocycles. The predicted molar refractivity (Wildman–Crippen MR) is 124 cm³/mol. The van der Waals surface area contributed by atoms with Crippen molar-refractivity contribution in [1.82, 2.24) is 30.7 Å². The maximum atomic E-state index is 4.61. The molecule has 4 aromatic rings. The summed E-state index contributed by atoms with van der Waals surface area (Å²) in [6, 6.07) is 10.2. The first-order chi connectivity index (χ1) is 15.3. The molecule has 2 bridgehead atoms. The zero-order valence-electron chi connectivity index (χ0n) is 17.5. The Hall–Kier alpha value is -2.84. The highest BCUT2D eigenvalue weighted by atomic mass is 32.1. The fourth-order valence-corrected chi connectivity index (χ4v) is 6.02. The van der Waals surface area contributed by atoms with Crippen molar-refractivity contribution in [2.24, 2.45) is 0 Å². The van der Waals surface area contributed by atoms with E-state index in [0.29, 0.717) is 18.1 Å². The van der Waals surface area contributed by atoms with E-state index < -0.39 is 0 Å². The Bertz CT molecular complexity index is 1170. The third-order valence-corrected chi connectivity index (χ3v) is 7.68. The minimum Gasteiger partial charge on any atom is -0.355 e. The smallest absolute Gasteiger partial charge is 0.151 e. The highest BCUT2D eigenvalue weighted by molar-refractivity contribution is 7.17. The summed E-state index contributed by atoms with van der Waals surface area (Å²) in [4.78, 5) is 6.94. The number of fused-ring (bicyclic) bond motifs is 3. The van der Waals surface area contributed by atoms with Gasteiger partial charge in [0.25, 0.3) is 0 Å². The summed E-state index contributed by atoms with van der Waals surface area (Å²) in [6.07, 6.45) is 10.1. The van der Waals surface area contributed by atoms with E-state index in [1.54, 1.807) is 11.3 Å². The number of aromatic nitrogens is 5. The number of hydrogen-bond donors (Lipinski definition) is 2. The number of H-pyrrole nitrogens is 1. The minimum atomic E-state index is 0.527. The minimum absolute atomic E-state index is 0.527. The monoisotopic (exact) mass is 431 g/mol. The molecule has 2 aliphatic rings. The molecule has 5 heterocycles. The predicted octanol–water partition coefficient (Wildman–Crippen LogP) is 4.25. The number of aromatic amines is 1. The quantitative estimate of drug-likeness (QED) is 0.503. The molecular weight excluding hydrogens is 406 g/mol. The number of rotatable bonds is 4. The highest BCUT2D eigenvalue weighted by Crippen LogP contribution is 2.36. The molecule has 0 amide bonds. The van der Waals surface area contributed by atoms with Crippen molar-refractivity contribution in [2.45, 2.75) is 50.2 Å². The molecule has 2 saturated heterocycles. The first-order valence-electron chi connectivity index (χ1n) is 10.9. The lowest BCUT2D eigenvalue weighted by Crippen LogP contribution is -2.54. The summed E-state index contributed by atoms with van der Waals surface area (Å²) in [7, 11) is 2.16. The molecule has 7 nitrogen and oxygen atoms in total. The molecule has 0 radical (unpaired) electrons. The van der Waals surface area contributed by atoms with E-state index in [1.165, 1.54) is 32.1 Å². The van der Waals surface area contributed by atoms with Gasteiger partial charge in [-0.15, -0.1) is 21.5 Å². The van der Waals surface area contributed by atoms with Gasteiger partial charge in [-0.1, -0.05) is 18.6 Å². The van der Waals surface area contributed by atoms with Crippen LogP contribution in [-0.2, 0) is 0 Å². The van der Waals surface area contributed by atoms with Crippen LogP contribution in [0.3, 0.4) is 0 Å². The number of hydrogen-bond acceptors (Lipinski definition) is 7. The summed E-state index contributed by atoms with van der Waals surface area (Å²) in [6.45, 7) is 0. The second-order valence-electron chi connectivity index (χ2n) is 8.68. The van der Waals surface area contributed by atoms with Crippen molar-refractivity contribution in [1.29, 1.82) is 0 Å².